The fraction of sp³-hybridized carbons (Fsp3) is 0.480. The Bertz CT molecular complexity index is 905. The summed E-state index contributed by atoms with van der Waals surface area (Å²) in [6, 6.07) is 15.8. The minimum Gasteiger partial charge on any atom is -0.424 e. The highest BCUT2D eigenvalue weighted by molar-refractivity contribution is 8.09. The molecule has 0 heterocycles. The van der Waals surface area contributed by atoms with E-state index in [-0.39, 0.29) is 10.8 Å². The normalized spacial score (nSPS) is 12.2. The van der Waals surface area contributed by atoms with Crippen molar-refractivity contribution in [2.75, 3.05) is 20.3 Å². The van der Waals surface area contributed by atoms with Gasteiger partial charge in [-0.3, -0.25) is 5.43 Å². The third-order valence-corrected chi connectivity index (χ3v) is 7.26. The molecule has 0 unspecified atom stereocenters. The van der Waals surface area contributed by atoms with Gasteiger partial charge in [-0.15, -0.1) is 5.20 Å². The van der Waals surface area contributed by atoms with E-state index in [1.54, 1.807) is 7.11 Å². The fourth-order valence-electron chi connectivity index (χ4n) is 2.96. The first-order chi connectivity index (χ1) is 15.8. The second kappa shape index (κ2) is 12.3. The lowest BCUT2D eigenvalue weighted by Gasteiger charge is -2.26. The summed E-state index contributed by atoms with van der Waals surface area (Å²) in [4.78, 5) is 0. The first kappa shape index (κ1) is 28.5. The lowest BCUT2D eigenvalue weighted by Crippen LogP contribution is -2.44. The molecule has 6 nitrogen and oxygen atoms in total. The van der Waals surface area contributed by atoms with Crippen LogP contribution in [0.25, 0.3) is 0 Å². The quantitative estimate of drug-likeness (QED) is 0.152. The van der Waals surface area contributed by atoms with Crippen molar-refractivity contribution in [3.05, 3.63) is 59.7 Å². The van der Waals surface area contributed by atoms with Gasteiger partial charge < -0.3 is 19.1 Å². The third kappa shape index (κ3) is 9.51. The van der Waals surface area contributed by atoms with Gasteiger partial charge in [-0.1, -0.05) is 65.8 Å². The summed E-state index contributed by atoms with van der Waals surface area (Å²) >= 11 is 11.2. The topological polar surface area (TPSA) is 63.8 Å². The summed E-state index contributed by atoms with van der Waals surface area (Å²) in [5.41, 5.74) is 5.44. The highest BCUT2D eigenvalue weighted by Gasteiger charge is 2.24. The Balaban J connectivity index is 2.16. The number of benzene rings is 2. The number of nitrogens with one attached hydrogen (secondary N) is 3. The average Bonchev–Trinajstić information content (AvgIpc) is 2.75. The van der Waals surface area contributed by atoms with Crippen LogP contribution in [0.4, 0.5) is 0 Å². The Kier molecular flexibility index (Phi) is 10.3. The van der Waals surface area contributed by atoms with Crippen LogP contribution < -0.4 is 25.0 Å². The van der Waals surface area contributed by atoms with Crippen molar-refractivity contribution in [1.29, 1.82) is 0 Å². The van der Waals surface area contributed by atoms with Crippen LogP contribution in [0.3, 0.4) is 0 Å². The Labute approximate surface area is 215 Å². The highest BCUT2D eigenvalue weighted by Crippen LogP contribution is 2.45. The van der Waals surface area contributed by atoms with Gasteiger partial charge in [-0.05, 0) is 64.9 Å². The number of hydrogen-bond acceptors (Lipinski definition) is 5. The van der Waals surface area contributed by atoms with E-state index in [4.69, 9.17) is 37.8 Å². The lowest BCUT2D eigenvalue weighted by atomic mass is 9.87. The van der Waals surface area contributed by atoms with E-state index in [2.05, 4.69) is 57.5 Å². The molecular formula is C25H38N3O3PS2. The smallest absolute Gasteiger partial charge is 0.383 e. The zero-order valence-electron chi connectivity index (χ0n) is 21.2. The summed E-state index contributed by atoms with van der Waals surface area (Å²) in [6.45, 7) is 11.3. The third-order valence-electron chi connectivity index (χ3n) is 5.01. The Hall–Kier alpha value is -1.70. The average molecular weight is 524 g/mol. The van der Waals surface area contributed by atoms with Crippen LogP contribution in [0, 0.1) is 0 Å². The molecule has 0 bridgehead atoms. The summed E-state index contributed by atoms with van der Waals surface area (Å²) < 4.78 is 17.4. The second-order valence-corrected chi connectivity index (χ2v) is 13.5. The summed E-state index contributed by atoms with van der Waals surface area (Å²) in [7, 11) is 1.67. The standard InChI is InChI=1S/C25H38N3O3PS2/c1-24(2,3)19-9-13-21(14-10-19)30-32(34,28-27-23(33)26-17-8-18-29-7)31-22-15-11-20(12-16-22)25(4,5)6/h9-16H,8,17-18H2,1-7H3,(H,28,34)(H2,26,27,33). The van der Waals surface area contributed by atoms with Crippen molar-refractivity contribution >= 4 is 35.8 Å². The van der Waals surface area contributed by atoms with E-state index in [1.165, 1.54) is 11.1 Å². The minimum atomic E-state index is -3.05. The van der Waals surface area contributed by atoms with Gasteiger partial charge in [-0.25, -0.2) is 0 Å². The molecule has 0 saturated carbocycles. The van der Waals surface area contributed by atoms with Gasteiger partial charge in [0.2, 0.25) is 0 Å². The zero-order valence-corrected chi connectivity index (χ0v) is 23.8. The monoisotopic (exact) mass is 523 g/mol. The minimum absolute atomic E-state index is 0.0461. The molecule has 0 aromatic heterocycles. The SMILES string of the molecule is COCCCNC(=S)NNP(=S)(Oc1ccc(C(C)(C)C)cc1)Oc1ccc(C(C)(C)C)cc1. The molecule has 0 aliphatic rings. The summed E-state index contributed by atoms with van der Waals surface area (Å²) in [5.74, 6) is 1.24. The fourth-order valence-corrected chi connectivity index (χ4v) is 5.01. The van der Waals surface area contributed by atoms with Gasteiger partial charge in [0.15, 0.2) is 5.11 Å². The number of hydrazine groups is 1. The predicted molar refractivity (Wildman–Crippen MR) is 149 cm³/mol. The maximum atomic E-state index is 6.19. The van der Waals surface area contributed by atoms with Crippen molar-refractivity contribution in [2.45, 2.75) is 58.8 Å². The molecule has 0 spiro atoms. The van der Waals surface area contributed by atoms with Crippen molar-refractivity contribution in [3.8, 4) is 11.5 Å². The van der Waals surface area contributed by atoms with Crippen molar-refractivity contribution < 1.29 is 13.8 Å². The Morgan fingerprint density at radius 2 is 1.26 bits per heavy atom. The Morgan fingerprint density at radius 3 is 1.65 bits per heavy atom. The van der Waals surface area contributed by atoms with Gasteiger partial charge in [-0.2, -0.15) is 0 Å². The van der Waals surface area contributed by atoms with Crippen LogP contribution in [-0.4, -0.2) is 25.4 Å². The molecule has 2 rings (SSSR count). The maximum absolute atomic E-state index is 6.19. The van der Waals surface area contributed by atoms with E-state index in [0.29, 0.717) is 29.8 Å². The van der Waals surface area contributed by atoms with Gasteiger partial charge in [0, 0.05) is 32.1 Å². The molecule has 2 aromatic rings. The molecule has 0 radical (unpaired) electrons. The molecular weight excluding hydrogens is 485 g/mol. The number of ether oxygens (including phenoxy) is 1. The van der Waals surface area contributed by atoms with Crippen LogP contribution in [0.15, 0.2) is 48.5 Å². The maximum Gasteiger partial charge on any atom is 0.383 e. The van der Waals surface area contributed by atoms with E-state index in [9.17, 15) is 0 Å². The number of rotatable bonds is 10. The molecule has 0 fully saturated rings. The van der Waals surface area contributed by atoms with Crippen LogP contribution in [-0.2, 0) is 27.4 Å². The molecule has 34 heavy (non-hydrogen) atoms. The molecule has 0 atom stereocenters. The van der Waals surface area contributed by atoms with E-state index >= 15 is 0 Å². The highest BCUT2D eigenvalue weighted by atomic mass is 32.5. The molecule has 3 N–H and O–H groups in total. The Morgan fingerprint density at radius 1 is 0.824 bits per heavy atom. The first-order valence-electron chi connectivity index (χ1n) is 11.3. The van der Waals surface area contributed by atoms with Gasteiger partial charge in [0.05, 0.1) is 0 Å². The molecule has 0 aliphatic carbocycles. The molecule has 0 aliphatic heterocycles. The second-order valence-electron chi connectivity index (χ2n) is 10.1. The summed E-state index contributed by atoms with van der Waals surface area (Å²) in [5, 5.41) is 6.53. The van der Waals surface area contributed by atoms with Crippen LogP contribution in [0.5, 0.6) is 11.5 Å². The number of hydrogen-bond donors (Lipinski definition) is 3. The summed E-state index contributed by atoms with van der Waals surface area (Å²) in [6.07, 6.45) is 0.833. The van der Waals surface area contributed by atoms with Crippen LogP contribution in [0.1, 0.15) is 59.1 Å². The zero-order chi connectivity index (χ0) is 25.4. The van der Waals surface area contributed by atoms with Gasteiger partial charge in [0.1, 0.15) is 11.5 Å². The largest absolute Gasteiger partial charge is 0.424 e. The number of methoxy groups -OCH3 is 1. The molecule has 0 saturated heterocycles. The molecule has 9 heteroatoms. The molecule has 188 valence electrons. The predicted octanol–water partition coefficient (Wildman–Crippen LogP) is 5.97. The van der Waals surface area contributed by atoms with Crippen molar-refractivity contribution in [3.63, 3.8) is 0 Å². The van der Waals surface area contributed by atoms with Gasteiger partial charge >= 0.3 is 6.64 Å². The van der Waals surface area contributed by atoms with E-state index in [0.717, 1.165) is 6.42 Å². The van der Waals surface area contributed by atoms with Crippen molar-refractivity contribution in [2.24, 2.45) is 0 Å². The van der Waals surface area contributed by atoms with Crippen molar-refractivity contribution in [1.82, 2.24) is 15.9 Å². The first-order valence-corrected chi connectivity index (χ1v) is 14.4. The van der Waals surface area contributed by atoms with E-state index < -0.39 is 6.64 Å². The van der Waals surface area contributed by atoms with Gasteiger partial charge in [0.25, 0.3) is 0 Å². The molecule has 0 amide bonds. The number of thiocarbonyl (C=S) groups is 1. The van der Waals surface area contributed by atoms with Crippen LogP contribution in [0.2, 0.25) is 0 Å². The van der Waals surface area contributed by atoms with E-state index in [1.807, 2.05) is 48.5 Å². The molecule has 2 aromatic carbocycles. The lowest BCUT2D eigenvalue weighted by molar-refractivity contribution is 0.195. The van der Waals surface area contributed by atoms with Crippen LogP contribution >= 0.6 is 18.9 Å².